The van der Waals surface area contributed by atoms with Gasteiger partial charge in [-0.3, -0.25) is 4.79 Å². The first kappa shape index (κ1) is 14.4. The van der Waals surface area contributed by atoms with Gasteiger partial charge in [0.2, 0.25) is 5.91 Å². The van der Waals surface area contributed by atoms with E-state index in [-0.39, 0.29) is 6.61 Å². The monoisotopic (exact) mass is 249 g/mol. The van der Waals surface area contributed by atoms with Crippen LogP contribution in [0, 0.1) is 0 Å². The third-order valence-corrected chi connectivity index (χ3v) is 2.63. The summed E-state index contributed by atoms with van der Waals surface area (Å²) >= 11 is 0. The topological polar surface area (TPSA) is 72.6 Å². The van der Waals surface area contributed by atoms with E-state index >= 15 is 0 Å². The van der Waals surface area contributed by atoms with Gasteiger partial charge in [0, 0.05) is 19.1 Å². The first-order valence-electron chi connectivity index (χ1n) is 5.78. The highest BCUT2D eigenvalue weighted by Crippen LogP contribution is 2.15. The van der Waals surface area contributed by atoms with Crippen molar-refractivity contribution in [3.63, 3.8) is 0 Å². The van der Waals surface area contributed by atoms with Crippen LogP contribution in [-0.2, 0) is 17.6 Å². The molecule has 1 unspecified atom stereocenters. The van der Waals surface area contributed by atoms with Crippen molar-refractivity contribution in [1.29, 1.82) is 0 Å². The van der Waals surface area contributed by atoms with Gasteiger partial charge >= 0.3 is 0 Å². The third kappa shape index (κ3) is 3.98. The summed E-state index contributed by atoms with van der Waals surface area (Å²) in [4.78, 5) is 11.4. The van der Waals surface area contributed by atoms with E-state index in [2.05, 4.69) is 6.58 Å². The lowest BCUT2D eigenvalue weighted by molar-refractivity contribution is 0.0648. The highest BCUT2D eigenvalue weighted by Gasteiger charge is 2.13. The van der Waals surface area contributed by atoms with E-state index in [0.29, 0.717) is 18.4 Å². The molecule has 4 nitrogen and oxygen atoms in total. The standard InChI is InChI=1S/C14H19NO3/c1-3-4-10-5-6-11(8-12(16)9-18-2)13(7-10)14(15)17/h3,5-7,12,16H,1,4,8-9H2,2H3,(H2,15,17). The molecule has 4 heteroatoms. The van der Waals surface area contributed by atoms with Crippen LogP contribution in [0.1, 0.15) is 21.5 Å². The molecule has 0 aliphatic heterocycles. The van der Waals surface area contributed by atoms with Gasteiger partial charge in [-0.1, -0.05) is 18.2 Å². The zero-order chi connectivity index (χ0) is 13.5. The van der Waals surface area contributed by atoms with Crippen LogP contribution in [0.2, 0.25) is 0 Å². The summed E-state index contributed by atoms with van der Waals surface area (Å²) in [5.74, 6) is -0.486. The first-order valence-corrected chi connectivity index (χ1v) is 5.78. The molecular formula is C14H19NO3. The van der Waals surface area contributed by atoms with Crippen LogP contribution in [0.25, 0.3) is 0 Å². The lowest BCUT2D eigenvalue weighted by atomic mass is 9.97. The molecule has 18 heavy (non-hydrogen) atoms. The van der Waals surface area contributed by atoms with Gasteiger partial charge in [0.15, 0.2) is 0 Å². The molecule has 0 heterocycles. The van der Waals surface area contributed by atoms with Crippen LogP contribution < -0.4 is 5.73 Å². The van der Waals surface area contributed by atoms with Crippen molar-refractivity contribution in [2.45, 2.75) is 18.9 Å². The molecule has 3 N–H and O–H groups in total. The molecule has 0 bridgehead atoms. The van der Waals surface area contributed by atoms with Gasteiger partial charge in [0.25, 0.3) is 0 Å². The number of benzene rings is 1. The molecule has 0 saturated carbocycles. The van der Waals surface area contributed by atoms with Gasteiger partial charge < -0.3 is 15.6 Å². The number of aliphatic hydroxyl groups excluding tert-OH is 1. The minimum Gasteiger partial charge on any atom is -0.390 e. The van der Waals surface area contributed by atoms with Crippen LogP contribution in [0.15, 0.2) is 30.9 Å². The minimum atomic E-state index is -0.640. The number of methoxy groups -OCH3 is 1. The van der Waals surface area contributed by atoms with E-state index in [9.17, 15) is 9.90 Å². The maximum absolute atomic E-state index is 11.4. The van der Waals surface area contributed by atoms with Gasteiger partial charge in [-0.15, -0.1) is 6.58 Å². The van der Waals surface area contributed by atoms with Crippen LogP contribution >= 0.6 is 0 Å². The number of hydrogen-bond donors (Lipinski definition) is 2. The zero-order valence-corrected chi connectivity index (χ0v) is 10.6. The number of carbonyl (C=O) groups is 1. The Labute approximate surface area is 107 Å². The second-order valence-corrected chi connectivity index (χ2v) is 4.16. The number of aliphatic hydroxyl groups is 1. The Bertz CT molecular complexity index is 429. The van der Waals surface area contributed by atoms with Crippen molar-refractivity contribution in [2.75, 3.05) is 13.7 Å². The summed E-state index contributed by atoms with van der Waals surface area (Å²) in [7, 11) is 1.52. The van der Waals surface area contributed by atoms with Crippen molar-refractivity contribution < 1.29 is 14.6 Å². The van der Waals surface area contributed by atoms with E-state index in [1.165, 1.54) is 7.11 Å². The second-order valence-electron chi connectivity index (χ2n) is 4.16. The quantitative estimate of drug-likeness (QED) is 0.710. The van der Waals surface area contributed by atoms with Crippen LogP contribution in [0.5, 0.6) is 0 Å². The second kappa shape index (κ2) is 6.93. The maximum Gasteiger partial charge on any atom is 0.248 e. The highest BCUT2D eigenvalue weighted by atomic mass is 16.5. The summed E-state index contributed by atoms with van der Waals surface area (Å²) in [6, 6.07) is 5.47. The molecule has 1 amide bonds. The molecule has 0 spiro atoms. The maximum atomic E-state index is 11.4. The van der Waals surface area contributed by atoms with Crippen molar-refractivity contribution in [1.82, 2.24) is 0 Å². The Morgan fingerprint density at radius 1 is 1.61 bits per heavy atom. The largest absolute Gasteiger partial charge is 0.390 e. The lowest BCUT2D eigenvalue weighted by Gasteiger charge is -2.13. The third-order valence-electron chi connectivity index (χ3n) is 2.63. The molecule has 0 saturated heterocycles. The van der Waals surface area contributed by atoms with Gasteiger partial charge in [-0.2, -0.15) is 0 Å². The Morgan fingerprint density at radius 2 is 2.33 bits per heavy atom. The Balaban J connectivity index is 2.96. The molecule has 0 fully saturated rings. The number of carbonyl (C=O) groups excluding carboxylic acids is 1. The molecule has 0 radical (unpaired) electrons. The fourth-order valence-corrected chi connectivity index (χ4v) is 1.83. The van der Waals surface area contributed by atoms with Gasteiger partial charge in [-0.25, -0.2) is 0 Å². The van der Waals surface area contributed by atoms with E-state index < -0.39 is 12.0 Å². The normalized spacial score (nSPS) is 12.1. The number of ether oxygens (including phenoxy) is 1. The summed E-state index contributed by atoms with van der Waals surface area (Å²) < 4.78 is 4.86. The molecule has 1 aromatic rings. The van der Waals surface area contributed by atoms with Crippen LogP contribution in [0.4, 0.5) is 0 Å². The van der Waals surface area contributed by atoms with E-state index in [4.69, 9.17) is 10.5 Å². The smallest absolute Gasteiger partial charge is 0.248 e. The summed E-state index contributed by atoms with van der Waals surface area (Å²) in [6.07, 6.45) is 2.15. The zero-order valence-electron chi connectivity index (χ0n) is 10.6. The van der Waals surface area contributed by atoms with Gasteiger partial charge in [0.05, 0.1) is 12.7 Å². The molecule has 1 aromatic carbocycles. The number of hydrogen-bond acceptors (Lipinski definition) is 3. The van der Waals surface area contributed by atoms with Crippen LogP contribution in [-0.4, -0.2) is 30.8 Å². The average molecular weight is 249 g/mol. The van der Waals surface area contributed by atoms with Gasteiger partial charge in [-0.05, 0) is 23.6 Å². The predicted molar refractivity (Wildman–Crippen MR) is 70.4 cm³/mol. The van der Waals surface area contributed by atoms with Crippen molar-refractivity contribution in [3.05, 3.63) is 47.5 Å². The highest BCUT2D eigenvalue weighted by molar-refractivity contribution is 5.94. The molecular weight excluding hydrogens is 230 g/mol. The Kier molecular flexibility index (Phi) is 5.55. The summed E-state index contributed by atoms with van der Waals surface area (Å²) in [6.45, 7) is 3.88. The number of primary amides is 1. The Morgan fingerprint density at radius 3 is 2.89 bits per heavy atom. The predicted octanol–water partition coefficient (Wildman–Crippen LogP) is 1.06. The molecule has 0 aromatic heterocycles. The Hall–Kier alpha value is -1.65. The SMILES string of the molecule is C=CCc1ccc(CC(O)COC)c(C(N)=O)c1. The molecule has 0 aliphatic carbocycles. The number of nitrogens with two attached hydrogens (primary N) is 1. The van der Waals surface area contributed by atoms with Crippen molar-refractivity contribution >= 4 is 5.91 Å². The number of allylic oxidation sites excluding steroid dienone is 1. The van der Waals surface area contributed by atoms with E-state index in [0.717, 1.165) is 11.1 Å². The lowest BCUT2D eigenvalue weighted by Crippen LogP contribution is -2.21. The molecule has 0 aliphatic rings. The summed E-state index contributed by atoms with van der Waals surface area (Å²) in [5, 5.41) is 9.69. The molecule has 1 atom stereocenters. The number of amides is 1. The fourth-order valence-electron chi connectivity index (χ4n) is 1.83. The van der Waals surface area contributed by atoms with Crippen molar-refractivity contribution in [2.24, 2.45) is 5.73 Å². The minimum absolute atomic E-state index is 0.229. The van der Waals surface area contributed by atoms with E-state index in [1.807, 2.05) is 12.1 Å². The first-order chi connectivity index (χ1) is 8.58. The number of rotatable bonds is 7. The van der Waals surface area contributed by atoms with E-state index in [1.54, 1.807) is 12.1 Å². The molecule has 1 rings (SSSR count). The average Bonchev–Trinajstić information content (AvgIpc) is 2.31. The fraction of sp³-hybridized carbons (Fsp3) is 0.357. The summed E-state index contributed by atoms with van der Waals surface area (Å²) in [5.41, 5.74) is 7.51. The van der Waals surface area contributed by atoms with Crippen LogP contribution in [0.3, 0.4) is 0 Å². The molecule has 98 valence electrons. The van der Waals surface area contributed by atoms with Gasteiger partial charge in [0.1, 0.15) is 0 Å². The van der Waals surface area contributed by atoms with Crippen molar-refractivity contribution in [3.8, 4) is 0 Å².